The zero-order valence-electron chi connectivity index (χ0n) is 11.5. The van der Waals surface area contributed by atoms with Crippen molar-refractivity contribution in [3.63, 3.8) is 0 Å². The molecule has 1 aliphatic rings. The molecule has 1 aliphatic heterocycles. The van der Waals surface area contributed by atoms with Crippen molar-refractivity contribution in [1.82, 2.24) is 0 Å². The van der Waals surface area contributed by atoms with Crippen molar-refractivity contribution >= 4 is 39.2 Å². The van der Waals surface area contributed by atoms with Gasteiger partial charge in [0.2, 0.25) is 0 Å². The Labute approximate surface area is 131 Å². The second kappa shape index (κ2) is 5.74. The van der Waals surface area contributed by atoms with E-state index < -0.39 is 0 Å². The molecule has 3 rings (SSSR count). The van der Waals surface area contributed by atoms with Gasteiger partial charge >= 0.3 is 0 Å². The van der Waals surface area contributed by atoms with Crippen LogP contribution >= 0.6 is 15.9 Å². The van der Waals surface area contributed by atoms with Crippen molar-refractivity contribution in [3.05, 3.63) is 58.1 Å². The molecule has 0 radical (unpaired) electrons. The van der Waals surface area contributed by atoms with Crippen LogP contribution in [0.15, 0.2) is 46.9 Å². The molecule has 0 atom stereocenters. The number of amides is 1. The Bertz CT molecular complexity index is 737. The summed E-state index contributed by atoms with van der Waals surface area (Å²) in [6.45, 7) is 2.54. The Hall–Kier alpha value is -2.07. The standard InChI is InChI=1S/C17H14BrNO2/c1-2-21-16-6-4-3-5-11(16)9-14-13-8-7-12(18)10-15(13)19-17(14)20/h3-10H,2H2,1H3,(H,19,20). The van der Waals surface area contributed by atoms with Crippen LogP contribution in [0.3, 0.4) is 0 Å². The van der Waals surface area contributed by atoms with E-state index in [1.807, 2.05) is 55.5 Å². The zero-order valence-corrected chi connectivity index (χ0v) is 13.1. The van der Waals surface area contributed by atoms with Crippen molar-refractivity contribution in [1.29, 1.82) is 0 Å². The van der Waals surface area contributed by atoms with E-state index in [1.54, 1.807) is 0 Å². The molecule has 1 heterocycles. The monoisotopic (exact) mass is 343 g/mol. The highest BCUT2D eigenvalue weighted by Gasteiger charge is 2.24. The minimum absolute atomic E-state index is 0.0885. The molecule has 1 N–H and O–H groups in total. The van der Waals surface area contributed by atoms with E-state index in [4.69, 9.17) is 4.74 Å². The minimum atomic E-state index is -0.0885. The molecule has 0 aliphatic carbocycles. The van der Waals surface area contributed by atoms with Gasteiger partial charge in [-0.3, -0.25) is 4.79 Å². The van der Waals surface area contributed by atoms with Gasteiger partial charge in [-0.1, -0.05) is 40.2 Å². The summed E-state index contributed by atoms with van der Waals surface area (Å²) in [6.07, 6.45) is 1.88. The predicted molar refractivity (Wildman–Crippen MR) is 88.3 cm³/mol. The summed E-state index contributed by atoms with van der Waals surface area (Å²) < 4.78 is 6.55. The van der Waals surface area contributed by atoms with Gasteiger partial charge in [-0.15, -0.1) is 0 Å². The van der Waals surface area contributed by atoms with Gasteiger partial charge in [-0.2, -0.15) is 0 Å². The van der Waals surface area contributed by atoms with E-state index in [0.29, 0.717) is 12.2 Å². The van der Waals surface area contributed by atoms with Gasteiger partial charge in [0.15, 0.2) is 0 Å². The molecule has 0 unspecified atom stereocenters. The van der Waals surface area contributed by atoms with Gasteiger partial charge < -0.3 is 10.1 Å². The third kappa shape index (κ3) is 2.72. The van der Waals surface area contributed by atoms with Crippen LogP contribution in [0.25, 0.3) is 11.6 Å². The first-order valence-corrected chi connectivity index (χ1v) is 7.53. The predicted octanol–water partition coefficient (Wildman–Crippen LogP) is 4.34. The first kappa shape index (κ1) is 13.9. The third-order valence-corrected chi connectivity index (χ3v) is 3.78. The molecule has 0 saturated heterocycles. The van der Waals surface area contributed by atoms with Gasteiger partial charge in [-0.25, -0.2) is 0 Å². The lowest BCUT2D eigenvalue weighted by Gasteiger charge is -2.07. The molecular formula is C17H14BrNO2. The number of benzene rings is 2. The van der Waals surface area contributed by atoms with Crippen LogP contribution in [0.5, 0.6) is 5.75 Å². The van der Waals surface area contributed by atoms with Crippen LogP contribution in [-0.4, -0.2) is 12.5 Å². The highest BCUT2D eigenvalue weighted by Crippen LogP contribution is 2.36. The lowest BCUT2D eigenvalue weighted by molar-refractivity contribution is -0.110. The van der Waals surface area contributed by atoms with Crippen LogP contribution in [0.1, 0.15) is 18.1 Å². The Balaban J connectivity index is 2.07. The van der Waals surface area contributed by atoms with Crippen molar-refractivity contribution in [2.75, 3.05) is 11.9 Å². The average Bonchev–Trinajstić information content (AvgIpc) is 2.76. The third-order valence-electron chi connectivity index (χ3n) is 3.28. The number of ether oxygens (including phenoxy) is 1. The summed E-state index contributed by atoms with van der Waals surface area (Å²) in [5.41, 5.74) is 3.30. The van der Waals surface area contributed by atoms with Gasteiger partial charge in [0, 0.05) is 21.2 Å². The number of carbonyl (C=O) groups is 1. The summed E-state index contributed by atoms with van der Waals surface area (Å²) in [4.78, 5) is 12.2. The maximum absolute atomic E-state index is 12.2. The molecule has 0 saturated carbocycles. The molecule has 0 aromatic heterocycles. The van der Waals surface area contributed by atoms with Gasteiger partial charge in [0.05, 0.1) is 12.3 Å². The quantitative estimate of drug-likeness (QED) is 0.841. The van der Waals surface area contributed by atoms with Gasteiger partial charge in [0.1, 0.15) is 5.75 Å². The normalized spacial score (nSPS) is 15.0. The molecule has 0 spiro atoms. The number of hydrogen-bond acceptors (Lipinski definition) is 2. The van der Waals surface area contributed by atoms with E-state index in [9.17, 15) is 4.79 Å². The number of hydrogen-bond donors (Lipinski definition) is 1. The van der Waals surface area contributed by atoms with E-state index in [-0.39, 0.29) is 5.91 Å². The summed E-state index contributed by atoms with van der Waals surface area (Å²) in [5, 5.41) is 2.88. The van der Waals surface area contributed by atoms with Crippen molar-refractivity contribution in [2.45, 2.75) is 6.92 Å². The fourth-order valence-electron chi connectivity index (χ4n) is 2.35. The van der Waals surface area contributed by atoms with Crippen LogP contribution < -0.4 is 10.1 Å². The highest BCUT2D eigenvalue weighted by molar-refractivity contribution is 9.10. The summed E-state index contributed by atoms with van der Waals surface area (Å²) in [5.74, 6) is 0.695. The molecule has 2 aromatic rings. The molecule has 2 aromatic carbocycles. The first-order chi connectivity index (χ1) is 10.2. The highest BCUT2D eigenvalue weighted by atomic mass is 79.9. The molecule has 1 amide bonds. The lowest BCUT2D eigenvalue weighted by atomic mass is 10.0. The molecule has 4 heteroatoms. The molecule has 0 fully saturated rings. The molecule has 21 heavy (non-hydrogen) atoms. The molecule has 3 nitrogen and oxygen atoms in total. The van der Waals surface area contributed by atoms with Crippen molar-refractivity contribution < 1.29 is 9.53 Å². The van der Waals surface area contributed by atoms with Gasteiger partial charge in [0.25, 0.3) is 5.91 Å². The van der Waals surface area contributed by atoms with Crippen LogP contribution in [0, 0.1) is 0 Å². The van der Waals surface area contributed by atoms with E-state index >= 15 is 0 Å². The molecular weight excluding hydrogens is 330 g/mol. The maximum Gasteiger partial charge on any atom is 0.256 e. The van der Waals surface area contributed by atoms with Crippen LogP contribution in [-0.2, 0) is 4.79 Å². The second-order valence-electron chi connectivity index (χ2n) is 4.67. The van der Waals surface area contributed by atoms with E-state index in [2.05, 4.69) is 21.2 Å². The summed E-state index contributed by atoms with van der Waals surface area (Å²) >= 11 is 3.41. The Morgan fingerprint density at radius 2 is 2.05 bits per heavy atom. The van der Waals surface area contributed by atoms with E-state index in [0.717, 1.165) is 27.0 Å². The Morgan fingerprint density at radius 1 is 1.24 bits per heavy atom. The number of para-hydroxylation sites is 1. The summed E-state index contributed by atoms with van der Waals surface area (Å²) in [7, 11) is 0. The van der Waals surface area contributed by atoms with Crippen LogP contribution in [0.2, 0.25) is 0 Å². The second-order valence-corrected chi connectivity index (χ2v) is 5.59. The van der Waals surface area contributed by atoms with Crippen LogP contribution in [0.4, 0.5) is 5.69 Å². The zero-order chi connectivity index (χ0) is 14.8. The largest absolute Gasteiger partial charge is 0.493 e. The van der Waals surface area contributed by atoms with Gasteiger partial charge in [-0.05, 0) is 31.2 Å². The fourth-order valence-corrected chi connectivity index (χ4v) is 2.71. The number of carbonyl (C=O) groups excluding carboxylic acids is 1. The first-order valence-electron chi connectivity index (χ1n) is 6.74. The fraction of sp³-hybridized carbons (Fsp3) is 0.118. The number of anilines is 1. The molecule has 106 valence electrons. The average molecular weight is 344 g/mol. The number of nitrogens with one attached hydrogen (secondary N) is 1. The lowest BCUT2D eigenvalue weighted by Crippen LogP contribution is -2.03. The van der Waals surface area contributed by atoms with Crippen molar-refractivity contribution in [3.8, 4) is 5.75 Å². The smallest absolute Gasteiger partial charge is 0.256 e. The SMILES string of the molecule is CCOc1ccccc1C=C1C(=O)Nc2cc(Br)ccc21. The minimum Gasteiger partial charge on any atom is -0.493 e. The number of halogens is 1. The van der Waals surface area contributed by atoms with E-state index in [1.165, 1.54) is 0 Å². The maximum atomic E-state index is 12.2. The topological polar surface area (TPSA) is 38.3 Å². The summed E-state index contributed by atoms with van der Waals surface area (Å²) in [6, 6.07) is 13.5. The molecule has 0 bridgehead atoms. The van der Waals surface area contributed by atoms with Crippen molar-refractivity contribution in [2.24, 2.45) is 0 Å². The number of fused-ring (bicyclic) bond motifs is 1. The number of rotatable bonds is 3. The Morgan fingerprint density at radius 3 is 2.86 bits per heavy atom. The Kier molecular flexibility index (Phi) is 3.80.